The van der Waals surface area contributed by atoms with Gasteiger partial charge in [-0.05, 0) is 32.0 Å². The molecule has 1 aromatic carbocycles. The second-order valence-corrected chi connectivity index (χ2v) is 5.00. The van der Waals surface area contributed by atoms with Crippen LogP contribution in [0.3, 0.4) is 0 Å². The third-order valence-electron chi connectivity index (χ3n) is 3.09. The standard InChI is InChI=1S/C14H18N4O/c1-10-8-18(9-11(2)16-10)14(19)17-13-5-3-4-12(6-13)7-15/h3-6,10-11,16H,8-9H2,1-2H3,(H,17,19). The number of rotatable bonds is 1. The molecule has 0 aliphatic carbocycles. The molecule has 2 N–H and O–H groups in total. The van der Waals surface area contributed by atoms with Gasteiger partial charge >= 0.3 is 6.03 Å². The molecule has 1 aliphatic rings. The molecular weight excluding hydrogens is 240 g/mol. The van der Waals surface area contributed by atoms with Crippen LogP contribution in [-0.2, 0) is 0 Å². The monoisotopic (exact) mass is 258 g/mol. The zero-order chi connectivity index (χ0) is 13.8. The summed E-state index contributed by atoms with van der Waals surface area (Å²) in [5, 5.41) is 15.0. The van der Waals surface area contributed by atoms with Crippen molar-refractivity contribution in [1.29, 1.82) is 5.26 Å². The molecule has 5 nitrogen and oxygen atoms in total. The molecule has 1 saturated heterocycles. The highest BCUT2D eigenvalue weighted by atomic mass is 16.2. The molecule has 1 aliphatic heterocycles. The van der Waals surface area contributed by atoms with E-state index in [0.717, 1.165) is 0 Å². The van der Waals surface area contributed by atoms with Gasteiger partial charge in [0.2, 0.25) is 0 Å². The van der Waals surface area contributed by atoms with Crippen molar-refractivity contribution in [3.8, 4) is 6.07 Å². The smallest absolute Gasteiger partial charge is 0.321 e. The van der Waals surface area contributed by atoms with E-state index >= 15 is 0 Å². The average Bonchev–Trinajstić information content (AvgIpc) is 2.37. The summed E-state index contributed by atoms with van der Waals surface area (Å²) in [5.74, 6) is 0. The summed E-state index contributed by atoms with van der Waals surface area (Å²) < 4.78 is 0. The van der Waals surface area contributed by atoms with Gasteiger partial charge in [-0.3, -0.25) is 0 Å². The third kappa shape index (κ3) is 3.46. The molecule has 5 heteroatoms. The van der Waals surface area contributed by atoms with Crippen LogP contribution in [0, 0.1) is 11.3 Å². The van der Waals surface area contributed by atoms with Gasteiger partial charge < -0.3 is 15.5 Å². The van der Waals surface area contributed by atoms with E-state index < -0.39 is 0 Å². The molecular formula is C14H18N4O. The summed E-state index contributed by atoms with van der Waals surface area (Å²) in [6.45, 7) is 5.50. The number of amides is 2. The van der Waals surface area contributed by atoms with Crippen LogP contribution in [-0.4, -0.2) is 36.1 Å². The molecule has 1 aromatic rings. The number of piperazine rings is 1. The Balaban J connectivity index is 2.02. The first-order valence-corrected chi connectivity index (χ1v) is 6.40. The van der Waals surface area contributed by atoms with Gasteiger partial charge in [-0.1, -0.05) is 6.07 Å². The Morgan fingerprint density at radius 1 is 1.42 bits per heavy atom. The first-order chi connectivity index (χ1) is 9.08. The lowest BCUT2D eigenvalue weighted by Crippen LogP contribution is -2.56. The van der Waals surface area contributed by atoms with E-state index in [1.54, 1.807) is 29.2 Å². The largest absolute Gasteiger partial charge is 0.321 e. The number of nitriles is 1. The van der Waals surface area contributed by atoms with Crippen molar-refractivity contribution in [1.82, 2.24) is 10.2 Å². The lowest BCUT2D eigenvalue weighted by molar-refractivity contribution is 0.176. The number of benzene rings is 1. The fourth-order valence-corrected chi connectivity index (χ4v) is 2.36. The minimum Gasteiger partial charge on any atom is -0.321 e. The number of nitrogens with zero attached hydrogens (tertiary/aromatic N) is 2. The van der Waals surface area contributed by atoms with E-state index in [-0.39, 0.29) is 6.03 Å². The summed E-state index contributed by atoms with van der Waals surface area (Å²) in [7, 11) is 0. The predicted molar refractivity (Wildman–Crippen MR) is 73.8 cm³/mol. The topological polar surface area (TPSA) is 68.2 Å². The van der Waals surface area contributed by atoms with Crippen LogP contribution in [0.15, 0.2) is 24.3 Å². The summed E-state index contributed by atoms with van der Waals surface area (Å²) in [4.78, 5) is 14.0. The predicted octanol–water partition coefficient (Wildman–Crippen LogP) is 1.77. The number of anilines is 1. The first kappa shape index (κ1) is 13.4. The molecule has 2 amide bonds. The van der Waals surface area contributed by atoms with Gasteiger partial charge in [0.25, 0.3) is 0 Å². The lowest BCUT2D eigenvalue weighted by atomic mass is 10.1. The number of urea groups is 1. The number of carbonyl (C=O) groups excluding carboxylic acids is 1. The van der Waals surface area contributed by atoms with Crippen molar-refractivity contribution in [2.24, 2.45) is 0 Å². The third-order valence-corrected chi connectivity index (χ3v) is 3.09. The zero-order valence-corrected chi connectivity index (χ0v) is 11.2. The van der Waals surface area contributed by atoms with Gasteiger partial charge in [0, 0.05) is 30.9 Å². The molecule has 2 rings (SSSR count). The lowest BCUT2D eigenvalue weighted by Gasteiger charge is -2.36. The van der Waals surface area contributed by atoms with E-state index in [1.165, 1.54) is 0 Å². The van der Waals surface area contributed by atoms with E-state index in [1.807, 2.05) is 0 Å². The Bertz CT molecular complexity index is 498. The summed E-state index contributed by atoms with van der Waals surface area (Å²) in [5.41, 5.74) is 1.20. The fourth-order valence-electron chi connectivity index (χ4n) is 2.36. The van der Waals surface area contributed by atoms with Crippen LogP contribution in [0.1, 0.15) is 19.4 Å². The molecule has 0 aromatic heterocycles. The van der Waals surface area contributed by atoms with Gasteiger partial charge in [-0.25, -0.2) is 4.79 Å². The quantitative estimate of drug-likeness (QED) is 0.806. The maximum Gasteiger partial charge on any atom is 0.321 e. The van der Waals surface area contributed by atoms with Gasteiger partial charge in [0.05, 0.1) is 11.6 Å². The Labute approximate surface area is 113 Å². The number of nitrogens with one attached hydrogen (secondary N) is 2. The second kappa shape index (κ2) is 5.72. The molecule has 0 radical (unpaired) electrons. The van der Waals surface area contributed by atoms with Crippen LogP contribution in [0.4, 0.5) is 10.5 Å². The van der Waals surface area contributed by atoms with Crippen molar-refractivity contribution in [3.05, 3.63) is 29.8 Å². The molecule has 0 saturated carbocycles. The maximum atomic E-state index is 12.2. The van der Waals surface area contributed by atoms with Gasteiger partial charge in [0.1, 0.15) is 0 Å². The Morgan fingerprint density at radius 2 is 2.11 bits per heavy atom. The van der Waals surface area contributed by atoms with Crippen LogP contribution < -0.4 is 10.6 Å². The molecule has 0 bridgehead atoms. The molecule has 2 atom stereocenters. The van der Waals surface area contributed by atoms with Gasteiger partial charge in [-0.15, -0.1) is 0 Å². The van der Waals surface area contributed by atoms with E-state index in [2.05, 4.69) is 30.6 Å². The van der Waals surface area contributed by atoms with Crippen LogP contribution in [0.2, 0.25) is 0 Å². The normalized spacial score (nSPS) is 22.7. The van der Waals surface area contributed by atoms with Crippen molar-refractivity contribution in [2.75, 3.05) is 18.4 Å². The van der Waals surface area contributed by atoms with Crippen molar-refractivity contribution in [3.63, 3.8) is 0 Å². The average molecular weight is 258 g/mol. The van der Waals surface area contributed by atoms with E-state index in [4.69, 9.17) is 5.26 Å². The van der Waals surface area contributed by atoms with Crippen LogP contribution in [0.5, 0.6) is 0 Å². The van der Waals surface area contributed by atoms with Crippen LogP contribution in [0.25, 0.3) is 0 Å². The molecule has 0 spiro atoms. The molecule has 1 fully saturated rings. The van der Waals surface area contributed by atoms with Gasteiger partial charge in [-0.2, -0.15) is 5.26 Å². The Hall–Kier alpha value is -2.06. The zero-order valence-electron chi connectivity index (χ0n) is 11.2. The summed E-state index contributed by atoms with van der Waals surface area (Å²) >= 11 is 0. The summed E-state index contributed by atoms with van der Waals surface area (Å²) in [6, 6.07) is 9.46. The minimum absolute atomic E-state index is 0.115. The second-order valence-electron chi connectivity index (χ2n) is 5.00. The Kier molecular flexibility index (Phi) is 4.03. The van der Waals surface area contributed by atoms with Crippen molar-refractivity contribution >= 4 is 11.7 Å². The number of carbonyl (C=O) groups is 1. The molecule has 1 heterocycles. The van der Waals surface area contributed by atoms with E-state index in [0.29, 0.717) is 36.4 Å². The first-order valence-electron chi connectivity index (χ1n) is 6.40. The van der Waals surface area contributed by atoms with E-state index in [9.17, 15) is 4.79 Å². The Morgan fingerprint density at radius 3 is 2.74 bits per heavy atom. The number of hydrogen-bond acceptors (Lipinski definition) is 3. The highest BCUT2D eigenvalue weighted by Gasteiger charge is 2.24. The minimum atomic E-state index is -0.115. The highest BCUT2D eigenvalue weighted by molar-refractivity contribution is 5.89. The number of hydrogen-bond donors (Lipinski definition) is 2. The van der Waals surface area contributed by atoms with Gasteiger partial charge in [0.15, 0.2) is 0 Å². The highest BCUT2D eigenvalue weighted by Crippen LogP contribution is 2.12. The van der Waals surface area contributed by atoms with Crippen molar-refractivity contribution in [2.45, 2.75) is 25.9 Å². The van der Waals surface area contributed by atoms with Crippen LogP contribution >= 0.6 is 0 Å². The fraction of sp³-hybridized carbons (Fsp3) is 0.429. The van der Waals surface area contributed by atoms with Crippen molar-refractivity contribution < 1.29 is 4.79 Å². The molecule has 19 heavy (non-hydrogen) atoms. The molecule has 100 valence electrons. The summed E-state index contributed by atoms with van der Waals surface area (Å²) in [6.07, 6.45) is 0. The molecule has 2 unspecified atom stereocenters. The SMILES string of the molecule is CC1CN(C(=O)Nc2cccc(C#N)c2)CC(C)N1. The maximum absolute atomic E-state index is 12.2.